The second-order valence-electron chi connectivity index (χ2n) is 4.90. The molecule has 6 heteroatoms. The SMILES string of the molecule is CCNC(=NCCN(C)Cc1ccccc1)NCCOC.I. The van der Waals surface area contributed by atoms with Crippen LogP contribution in [-0.2, 0) is 11.3 Å². The number of benzene rings is 1. The summed E-state index contributed by atoms with van der Waals surface area (Å²) in [5.74, 6) is 0.850. The van der Waals surface area contributed by atoms with Crippen LogP contribution in [0.15, 0.2) is 35.3 Å². The molecule has 0 heterocycles. The molecule has 0 aliphatic carbocycles. The van der Waals surface area contributed by atoms with Crippen molar-refractivity contribution < 1.29 is 4.74 Å². The number of ether oxygens (including phenoxy) is 1. The van der Waals surface area contributed by atoms with Gasteiger partial charge >= 0.3 is 0 Å². The number of halogens is 1. The summed E-state index contributed by atoms with van der Waals surface area (Å²) in [6, 6.07) is 10.5. The van der Waals surface area contributed by atoms with Gasteiger partial charge in [0.05, 0.1) is 13.2 Å². The molecule has 1 aromatic rings. The van der Waals surface area contributed by atoms with Crippen LogP contribution in [0.3, 0.4) is 0 Å². The van der Waals surface area contributed by atoms with Crippen molar-refractivity contribution in [3.63, 3.8) is 0 Å². The number of likely N-dealkylation sites (N-methyl/N-ethyl adjacent to an activating group) is 1. The van der Waals surface area contributed by atoms with Crippen molar-refractivity contribution in [2.75, 3.05) is 46.9 Å². The van der Waals surface area contributed by atoms with E-state index in [2.05, 4.69) is 58.8 Å². The van der Waals surface area contributed by atoms with Gasteiger partial charge in [-0.3, -0.25) is 4.99 Å². The number of methoxy groups -OCH3 is 1. The normalized spacial score (nSPS) is 11.2. The average molecular weight is 420 g/mol. The summed E-state index contributed by atoms with van der Waals surface area (Å²) in [5.41, 5.74) is 1.33. The minimum Gasteiger partial charge on any atom is -0.383 e. The average Bonchev–Trinajstić information content (AvgIpc) is 2.48. The van der Waals surface area contributed by atoms with Crippen molar-refractivity contribution in [1.82, 2.24) is 15.5 Å². The molecular weight excluding hydrogens is 391 g/mol. The summed E-state index contributed by atoms with van der Waals surface area (Å²) in [6.07, 6.45) is 0. The van der Waals surface area contributed by atoms with Gasteiger partial charge in [-0.15, -0.1) is 24.0 Å². The van der Waals surface area contributed by atoms with Gasteiger partial charge in [0.25, 0.3) is 0 Å². The van der Waals surface area contributed by atoms with E-state index in [0.29, 0.717) is 6.61 Å². The zero-order chi connectivity index (χ0) is 15.3. The van der Waals surface area contributed by atoms with Gasteiger partial charge in [0, 0.05) is 33.3 Å². The Balaban J connectivity index is 0.00000441. The van der Waals surface area contributed by atoms with Crippen LogP contribution in [0.1, 0.15) is 12.5 Å². The summed E-state index contributed by atoms with van der Waals surface area (Å²) < 4.78 is 5.03. The summed E-state index contributed by atoms with van der Waals surface area (Å²) in [6.45, 7) is 7.01. The maximum atomic E-state index is 5.03. The van der Waals surface area contributed by atoms with Gasteiger partial charge in [-0.2, -0.15) is 0 Å². The van der Waals surface area contributed by atoms with Gasteiger partial charge in [0.15, 0.2) is 5.96 Å². The van der Waals surface area contributed by atoms with E-state index >= 15 is 0 Å². The zero-order valence-corrected chi connectivity index (χ0v) is 16.2. The number of hydrogen-bond acceptors (Lipinski definition) is 3. The molecule has 0 spiro atoms. The number of rotatable bonds is 9. The van der Waals surface area contributed by atoms with Crippen LogP contribution in [0.25, 0.3) is 0 Å². The third-order valence-electron chi connectivity index (χ3n) is 2.99. The summed E-state index contributed by atoms with van der Waals surface area (Å²) in [4.78, 5) is 6.84. The third-order valence-corrected chi connectivity index (χ3v) is 2.99. The molecule has 2 N–H and O–H groups in total. The fourth-order valence-corrected chi connectivity index (χ4v) is 1.92. The quantitative estimate of drug-likeness (QED) is 0.278. The first-order valence-corrected chi connectivity index (χ1v) is 7.49. The Morgan fingerprint density at radius 3 is 2.59 bits per heavy atom. The van der Waals surface area contributed by atoms with E-state index in [1.165, 1.54) is 5.56 Å². The van der Waals surface area contributed by atoms with Gasteiger partial charge in [0.2, 0.25) is 0 Å². The predicted octanol–water partition coefficient (Wildman–Crippen LogP) is 1.94. The van der Waals surface area contributed by atoms with Crippen LogP contribution in [0.2, 0.25) is 0 Å². The molecule has 0 amide bonds. The van der Waals surface area contributed by atoms with Crippen LogP contribution in [0.5, 0.6) is 0 Å². The molecule has 1 rings (SSSR count). The molecule has 0 aliphatic heterocycles. The van der Waals surface area contributed by atoms with E-state index in [9.17, 15) is 0 Å². The van der Waals surface area contributed by atoms with Gasteiger partial charge in [-0.05, 0) is 19.5 Å². The van der Waals surface area contributed by atoms with Crippen LogP contribution in [0.4, 0.5) is 0 Å². The lowest BCUT2D eigenvalue weighted by Crippen LogP contribution is -2.39. The molecule has 0 bridgehead atoms. The fraction of sp³-hybridized carbons (Fsp3) is 0.562. The lowest BCUT2D eigenvalue weighted by Gasteiger charge is -2.16. The van der Waals surface area contributed by atoms with Crippen LogP contribution in [-0.4, -0.2) is 57.8 Å². The van der Waals surface area contributed by atoms with Gasteiger partial charge in [-0.1, -0.05) is 30.3 Å². The van der Waals surface area contributed by atoms with E-state index in [4.69, 9.17) is 4.74 Å². The van der Waals surface area contributed by atoms with Crippen molar-refractivity contribution in [2.45, 2.75) is 13.5 Å². The Labute approximate surface area is 151 Å². The van der Waals surface area contributed by atoms with E-state index in [1.54, 1.807) is 7.11 Å². The summed E-state index contributed by atoms with van der Waals surface area (Å²) in [7, 11) is 3.82. The molecule has 0 radical (unpaired) electrons. The minimum absolute atomic E-state index is 0. The molecule has 1 aromatic carbocycles. The molecule has 0 saturated carbocycles. The van der Waals surface area contributed by atoms with E-state index in [1.807, 2.05) is 6.07 Å². The van der Waals surface area contributed by atoms with E-state index < -0.39 is 0 Å². The first kappa shape index (κ1) is 21.1. The fourth-order valence-electron chi connectivity index (χ4n) is 1.92. The van der Waals surface area contributed by atoms with Crippen LogP contribution < -0.4 is 10.6 Å². The van der Waals surface area contributed by atoms with Gasteiger partial charge < -0.3 is 20.3 Å². The lowest BCUT2D eigenvalue weighted by atomic mass is 10.2. The molecule has 0 aromatic heterocycles. The highest BCUT2D eigenvalue weighted by Crippen LogP contribution is 2.01. The number of guanidine groups is 1. The highest BCUT2D eigenvalue weighted by atomic mass is 127. The molecular formula is C16H29IN4O. The summed E-state index contributed by atoms with van der Waals surface area (Å²) >= 11 is 0. The zero-order valence-electron chi connectivity index (χ0n) is 13.8. The number of hydrogen-bond donors (Lipinski definition) is 2. The molecule has 0 atom stereocenters. The summed E-state index contributed by atoms with van der Waals surface area (Å²) in [5, 5.41) is 6.47. The van der Waals surface area contributed by atoms with Crippen molar-refractivity contribution in [1.29, 1.82) is 0 Å². The monoisotopic (exact) mass is 420 g/mol. The lowest BCUT2D eigenvalue weighted by molar-refractivity contribution is 0.203. The standard InChI is InChI=1S/C16H28N4O.HI/c1-4-17-16(19-11-13-21-3)18-10-12-20(2)14-15-8-6-5-7-9-15;/h5-9H,4,10-14H2,1-3H3,(H2,17,18,19);1H. The second kappa shape index (κ2) is 13.8. The first-order chi connectivity index (χ1) is 10.3. The Morgan fingerprint density at radius 2 is 1.95 bits per heavy atom. The Hall–Kier alpha value is -0.860. The van der Waals surface area contributed by atoms with Gasteiger partial charge in [0.1, 0.15) is 0 Å². The van der Waals surface area contributed by atoms with Crippen molar-refractivity contribution in [3.8, 4) is 0 Å². The smallest absolute Gasteiger partial charge is 0.191 e. The molecule has 5 nitrogen and oxygen atoms in total. The van der Waals surface area contributed by atoms with Crippen molar-refractivity contribution in [3.05, 3.63) is 35.9 Å². The number of aliphatic imine (C=N–C) groups is 1. The largest absolute Gasteiger partial charge is 0.383 e. The van der Waals surface area contributed by atoms with Gasteiger partial charge in [-0.25, -0.2) is 0 Å². The predicted molar refractivity (Wildman–Crippen MR) is 104 cm³/mol. The van der Waals surface area contributed by atoms with E-state index in [-0.39, 0.29) is 24.0 Å². The topological polar surface area (TPSA) is 48.9 Å². The maximum Gasteiger partial charge on any atom is 0.191 e. The molecule has 0 fully saturated rings. The Kier molecular flexibility index (Phi) is 13.2. The Bertz CT molecular complexity index is 400. The van der Waals surface area contributed by atoms with E-state index in [0.717, 1.165) is 38.7 Å². The Morgan fingerprint density at radius 1 is 1.23 bits per heavy atom. The highest BCUT2D eigenvalue weighted by molar-refractivity contribution is 14.0. The number of nitrogens with zero attached hydrogens (tertiary/aromatic N) is 2. The van der Waals surface area contributed by atoms with Crippen molar-refractivity contribution in [2.24, 2.45) is 4.99 Å². The van der Waals surface area contributed by atoms with Crippen LogP contribution >= 0.6 is 24.0 Å². The maximum absolute atomic E-state index is 5.03. The molecule has 0 unspecified atom stereocenters. The number of nitrogens with one attached hydrogen (secondary N) is 2. The molecule has 126 valence electrons. The third kappa shape index (κ3) is 9.97. The van der Waals surface area contributed by atoms with Crippen molar-refractivity contribution >= 4 is 29.9 Å². The molecule has 22 heavy (non-hydrogen) atoms. The molecule has 0 aliphatic rings. The minimum atomic E-state index is 0. The first-order valence-electron chi connectivity index (χ1n) is 7.49. The molecule has 0 saturated heterocycles. The highest BCUT2D eigenvalue weighted by Gasteiger charge is 2.00. The van der Waals surface area contributed by atoms with Crippen LogP contribution in [0, 0.1) is 0 Å². The second-order valence-corrected chi connectivity index (χ2v) is 4.90.